The first-order chi connectivity index (χ1) is 18.6. The maximum Gasteiger partial charge on any atom is 0.0866 e. The van der Waals surface area contributed by atoms with Crippen molar-refractivity contribution in [3.8, 4) is 11.4 Å². The second-order valence-electron chi connectivity index (χ2n) is 9.76. The van der Waals surface area contributed by atoms with Gasteiger partial charge in [-0.1, -0.05) is 67.3 Å². The van der Waals surface area contributed by atoms with Crippen LogP contribution in [0.1, 0.15) is 5.69 Å². The normalized spacial score (nSPS) is 12.3. The van der Waals surface area contributed by atoms with Gasteiger partial charge in [0.1, 0.15) is 0 Å². The summed E-state index contributed by atoms with van der Waals surface area (Å²) in [5.74, 6) is 0. The van der Waals surface area contributed by atoms with Crippen LogP contribution in [0.4, 0.5) is 0 Å². The number of allylic oxidation sites excluding steroid dienone is 2. The summed E-state index contributed by atoms with van der Waals surface area (Å²) in [6.45, 7) is 7.59. The Morgan fingerprint density at radius 1 is 0.737 bits per heavy atom. The number of nitrogens with zero attached hydrogens (tertiary/aromatic N) is 4. The van der Waals surface area contributed by atoms with Crippen LogP contribution in [0, 0.1) is 0 Å². The maximum absolute atomic E-state index is 4.59. The van der Waals surface area contributed by atoms with E-state index in [-0.39, 0.29) is 0 Å². The summed E-state index contributed by atoms with van der Waals surface area (Å²) >= 11 is 0. The third-order valence-electron chi connectivity index (χ3n) is 7.81. The van der Waals surface area contributed by atoms with Crippen molar-refractivity contribution in [3.05, 3.63) is 109 Å². The molecular formula is C34H26N4. The van der Waals surface area contributed by atoms with E-state index in [9.17, 15) is 0 Å². The van der Waals surface area contributed by atoms with Gasteiger partial charge in [0.2, 0.25) is 0 Å². The molecule has 3 aromatic heterocycles. The molecule has 0 radical (unpaired) electrons. The second kappa shape index (κ2) is 8.29. The average Bonchev–Trinajstić information content (AvgIpc) is 3.48. The summed E-state index contributed by atoms with van der Waals surface area (Å²) in [7, 11) is 4.22. The first-order valence-corrected chi connectivity index (χ1v) is 12.7. The number of fused-ring (bicyclic) bond motifs is 9. The van der Waals surface area contributed by atoms with Gasteiger partial charge in [0, 0.05) is 41.8 Å². The van der Waals surface area contributed by atoms with Crippen LogP contribution in [0.5, 0.6) is 0 Å². The van der Waals surface area contributed by atoms with E-state index in [1.165, 1.54) is 54.1 Å². The van der Waals surface area contributed by atoms with Crippen LogP contribution in [0.2, 0.25) is 0 Å². The largest absolute Gasteiger partial charge is 0.342 e. The molecule has 38 heavy (non-hydrogen) atoms. The Balaban J connectivity index is 1.50. The smallest absolute Gasteiger partial charge is 0.0866 e. The van der Waals surface area contributed by atoms with Crippen molar-refractivity contribution in [3.63, 3.8) is 0 Å². The Morgan fingerprint density at radius 2 is 1.32 bits per heavy atom. The van der Waals surface area contributed by atoms with Crippen molar-refractivity contribution in [1.29, 1.82) is 0 Å². The van der Waals surface area contributed by atoms with Crippen molar-refractivity contribution in [2.75, 3.05) is 0 Å². The molecule has 0 fully saturated rings. The van der Waals surface area contributed by atoms with Gasteiger partial charge in [-0.3, -0.25) is 9.98 Å². The van der Waals surface area contributed by atoms with Crippen LogP contribution in [0.15, 0.2) is 109 Å². The number of pyridine rings is 1. The van der Waals surface area contributed by atoms with Crippen molar-refractivity contribution >= 4 is 66.5 Å². The number of aryl methyl sites for hydroxylation is 2. The zero-order valence-corrected chi connectivity index (χ0v) is 21.4. The molecule has 0 aliphatic carbocycles. The van der Waals surface area contributed by atoms with Gasteiger partial charge >= 0.3 is 0 Å². The minimum Gasteiger partial charge on any atom is -0.342 e. The van der Waals surface area contributed by atoms with E-state index < -0.39 is 0 Å². The highest BCUT2D eigenvalue weighted by Gasteiger charge is 2.16. The van der Waals surface area contributed by atoms with Gasteiger partial charge in [-0.15, -0.1) is 0 Å². The average molecular weight is 491 g/mol. The molecule has 0 bridgehead atoms. The molecule has 0 aliphatic rings. The minimum absolute atomic E-state index is 0.815. The lowest BCUT2D eigenvalue weighted by molar-refractivity contribution is 0.948. The van der Waals surface area contributed by atoms with Gasteiger partial charge in [-0.2, -0.15) is 0 Å². The van der Waals surface area contributed by atoms with Gasteiger partial charge in [0.25, 0.3) is 0 Å². The highest BCUT2D eigenvalue weighted by Crippen LogP contribution is 2.39. The summed E-state index contributed by atoms with van der Waals surface area (Å²) in [5.41, 5.74) is 6.36. The number of hydrogen-bond acceptors (Lipinski definition) is 2. The summed E-state index contributed by atoms with van der Waals surface area (Å²) in [4.78, 5) is 8.82. The molecular weight excluding hydrogens is 464 g/mol. The Morgan fingerprint density at radius 3 is 1.92 bits per heavy atom. The van der Waals surface area contributed by atoms with Gasteiger partial charge in [0.05, 0.1) is 33.8 Å². The number of benzene rings is 4. The molecule has 0 N–H and O–H groups in total. The molecule has 0 atom stereocenters. The minimum atomic E-state index is 0.815. The van der Waals surface area contributed by atoms with Crippen LogP contribution in [-0.4, -0.2) is 20.8 Å². The highest BCUT2D eigenvalue weighted by molar-refractivity contribution is 6.24. The molecule has 4 aromatic carbocycles. The van der Waals surface area contributed by atoms with Gasteiger partial charge in [0.15, 0.2) is 0 Å². The molecule has 0 spiro atoms. The van der Waals surface area contributed by atoms with Crippen LogP contribution in [0.25, 0.3) is 71.2 Å². The zero-order valence-electron chi connectivity index (χ0n) is 21.4. The highest BCUT2D eigenvalue weighted by atomic mass is 15.0. The van der Waals surface area contributed by atoms with Crippen LogP contribution < -0.4 is 0 Å². The van der Waals surface area contributed by atoms with Gasteiger partial charge < -0.3 is 9.13 Å². The van der Waals surface area contributed by atoms with Crippen molar-refractivity contribution < 1.29 is 0 Å². The van der Waals surface area contributed by atoms with E-state index >= 15 is 0 Å². The van der Waals surface area contributed by atoms with Crippen molar-refractivity contribution in [2.45, 2.75) is 0 Å². The van der Waals surface area contributed by atoms with E-state index in [1.54, 1.807) is 6.08 Å². The molecule has 182 valence electrons. The molecule has 0 amide bonds. The van der Waals surface area contributed by atoms with E-state index in [0.29, 0.717) is 0 Å². The molecule has 4 heteroatoms. The van der Waals surface area contributed by atoms with Crippen molar-refractivity contribution in [2.24, 2.45) is 19.1 Å². The number of aromatic nitrogens is 3. The third-order valence-corrected chi connectivity index (χ3v) is 7.81. The second-order valence-corrected chi connectivity index (χ2v) is 9.76. The predicted octanol–water partition coefficient (Wildman–Crippen LogP) is 8.42. The summed E-state index contributed by atoms with van der Waals surface area (Å²) < 4.78 is 4.48. The molecule has 0 aliphatic heterocycles. The lowest BCUT2D eigenvalue weighted by Gasteiger charge is -2.12. The van der Waals surface area contributed by atoms with Gasteiger partial charge in [-0.25, -0.2) is 0 Å². The molecule has 7 aromatic rings. The molecule has 0 saturated heterocycles. The third kappa shape index (κ3) is 3.04. The Hall–Kier alpha value is -4.96. The maximum atomic E-state index is 4.59. The van der Waals surface area contributed by atoms with Crippen LogP contribution >= 0.6 is 0 Å². The zero-order chi connectivity index (χ0) is 26.0. The standard InChI is InChI=1S/C34H26N4/c1-5-8-29(35-2)31-19-21-10-12-25-23-15-17-28-26(24(23)14-16-27(25)33(21)37(31)3)13-11-22-20-32(38(4)34(22)28)30-9-6-7-18-36-30/h5-20H,1-2H2,3-4H3/b29-8-. The Bertz CT molecular complexity index is 2120. The molecule has 0 saturated carbocycles. The lowest BCUT2D eigenvalue weighted by Crippen LogP contribution is -1.95. The quantitative estimate of drug-likeness (QED) is 0.139. The molecule has 0 unspecified atom stereocenters. The fourth-order valence-corrected chi connectivity index (χ4v) is 6.09. The van der Waals surface area contributed by atoms with Crippen LogP contribution in [-0.2, 0) is 14.1 Å². The van der Waals surface area contributed by atoms with E-state index in [2.05, 4.69) is 113 Å². The van der Waals surface area contributed by atoms with Crippen molar-refractivity contribution in [1.82, 2.24) is 14.1 Å². The Labute approximate surface area is 220 Å². The van der Waals surface area contributed by atoms with Gasteiger partial charge in [-0.05, 0) is 58.6 Å². The van der Waals surface area contributed by atoms with E-state index in [4.69, 9.17) is 0 Å². The van der Waals surface area contributed by atoms with E-state index in [0.717, 1.165) is 22.8 Å². The molecule has 4 nitrogen and oxygen atoms in total. The first kappa shape index (κ1) is 22.3. The SMILES string of the molecule is C=C/C=C(\N=C)c1cc2ccc3c4ccc5c(ccc6cc(-c7ccccn7)n(C)c65)c4ccc3c2n1C. The summed E-state index contributed by atoms with van der Waals surface area (Å²) in [6, 6.07) is 28.5. The summed E-state index contributed by atoms with van der Waals surface area (Å²) in [6.07, 6.45) is 5.50. The molecule has 3 heterocycles. The molecule has 7 rings (SSSR count). The topological polar surface area (TPSA) is 35.1 Å². The Kier molecular flexibility index (Phi) is 4.85. The predicted molar refractivity (Wildman–Crippen MR) is 163 cm³/mol. The first-order valence-electron chi connectivity index (χ1n) is 12.7. The summed E-state index contributed by atoms with van der Waals surface area (Å²) in [5, 5.41) is 9.88. The lowest BCUT2D eigenvalue weighted by atomic mass is 9.95. The van der Waals surface area contributed by atoms with Crippen LogP contribution in [0.3, 0.4) is 0 Å². The number of aliphatic imine (C=N–C) groups is 1. The monoisotopic (exact) mass is 490 g/mol. The number of rotatable bonds is 4. The number of hydrogen-bond donors (Lipinski definition) is 0. The fourth-order valence-electron chi connectivity index (χ4n) is 6.09. The fraction of sp³-hybridized carbons (Fsp3) is 0.0588. The van der Waals surface area contributed by atoms with E-state index in [1.807, 2.05) is 24.4 Å².